The molecule has 0 atom stereocenters. The Bertz CT molecular complexity index is 125. The van der Waals surface area contributed by atoms with Crippen LogP contribution >= 0.6 is 0 Å². The van der Waals surface area contributed by atoms with Crippen molar-refractivity contribution in [2.24, 2.45) is 16.6 Å². The fourth-order valence-electron chi connectivity index (χ4n) is 1.95. The molecule has 2 nitrogen and oxygen atoms in total. The molecule has 0 radical (unpaired) electrons. The van der Waals surface area contributed by atoms with Crippen molar-refractivity contribution in [3.8, 4) is 0 Å². The maximum Gasteiger partial charge on any atom is 0.00799 e. The molecule has 1 fully saturated rings. The minimum absolute atomic E-state index is 0.415. The van der Waals surface area contributed by atoms with Crippen LogP contribution in [-0.2, 0) is 0 Å². The highest BCUT2D eigenvalue weighted by atomic mass is 15.0. The average Bonchev–Trinajstić information content (AvgIpc) is 1.77. The Kier molecular flexibility index (Phi) is 2.26. The van der Waals surface area contributed by atoms with Gasteiger partial charge >= 0.3 is 0 Å². The third-order valence-corrected chi connectivity index (χ3v) is 2.34. The van der Waals surface area contributed by atoms with Crippen molar-refractivity contribution in [3.05, 3.63) is 0 Å². The van der Waals surface area contributed by atoms with Crippen molar-refractivity contribution in [2.45, 2.75) is 27.2 Å². The van der Waals surface area contributed by atoms with Crippen molar-refractivity contribution in [1.82, 2.24) is 5.32 Å². The molecule has 0 amide bonds. The quantitative estimate of drug-likeness (QED) is 0.625. The lowest BCUT2D eigenvalue weighted by molar-refractivity contribution is 0.106. The summed E-state index contributed by atoms with van der Waals surface area (Å²) < 4.78 is 0. The summed E-state index contributed by atoms with van der Waals surface area (Å²) in [6.07, 6.45) is 1.24. The molecule has 0 aromatic heterocycles. The molecule has 1 aliphatic rings. The van der Waals surface area contributed by atoms with Crippen LogP contribution < -0.4 is 11.1 Å². The summed E-state index contributed by atoms with van der Waals surface area (Å²) in [6.45, 7) is 9.90. The van der Waals surface area contributed by atoms with Crippen molar-refractivity contribution >= 4 is 0 Å². The van der Waals surface area contributed by atoms with Crippen LogP contribution in [0, 0.1) is 10.8 Å². The summed E-state index contributed by atoms with van der Waals surface area (Å²) in [5, 5.41) is 3.30. The summed E-state index contributed by atoms with van der Waals surface area (Å²) >= 11 is 0. The highest BCUT2D eigenvalue weighted by Gasteiger charge is 2.38. The largest absolute Gasteiger partial charge is 0.330 e. The van der Waals surface area contributed by atoms with Gasteiger partial charge in [-0.1, -0.05) is 20.8 Å². The average molecular weight is 156 g/mol. The minimum Gasteiger partial charge on any atom is -0.330 e. The Morgan fingerprint density at radius 2 is 1.91 bits per heavy atom. The van der Waals surface area contributed by atoms with E-state index in [1.54, 1.807) is 0 Å². The molecule has 66 valence electrons. The van der Waals surface area contributed by atoms with E-state index in [0.717, 1.165) is 19.6 Å². The fourth-order valence-corrected chi connectivity index (χ4v) is 1.95. The predicted octanol–water partition coefficient (Wildman–Crippen LogP) is 0.971. The molecule has 0 aromatic carbocycles. The first kappa shape index (κ1) is 9.01. The summed E-state index contributed by atoms with van der Waals surface area (Å²) in [5.41, 5.74) is 6.57. The Morgan fingerprint density at radius 1 is 1.36 bits per heavy atom. The van der Waals surface area contributed by atoms with Gasteiger partial charge < -0.3 is 11.1 Å². The standard InChI is InChI=1S/C9H20N2/c1-8(2,3)4-9(5-10)6-11-7-9/h11H,4-7,10H2,1-3H3. The lowest BCUT2D eigenvalue weighted by Gasteiger charge is -2.45. The molecule has 1 saturated heterocycles. The molecule has 0 aliphatic carbocycles. The summed E-state index contributed by atoms with van der Waals surface area (Å²) in [7, 11) is 0. The highest BCUT2D eigenvalue weighted by molar-refractivity contribution is 4.95. The van der Waals surface area contributed by atoms with Crippen molar-refractivity contribution in [3.63, 3.8) is 0 Å². The molecule has 0 saturated carbocycles. The molecule has 0 spiro atoms. The van der Waals surface area contributed by atoms with Gasteiger partial charge in [0.05, 0.1) is 0 Å². The highest BCUT2D eigenvalue weighted by Crippen LogP contribution is 2.35. The lowest BCUT2D eigenvalue weighted by Crippen LogP contribution is -2.58. The van der Waals surface area contributed by atoms with Crippen LogP contribution in [0.15, 0.2) is 0 Å². The number of nitrogens with one attached hydrogen (secondary N) is 1. The summed E-state index contributed by atoms with van der Waals surface area (Å²) in [4.78, 5) is 0. The van der Waals surface area contributed by atoms with Gasteiger partial charge in [-0.15, -0.1) is 0 Å². The lowest BCUT2D eigenvalue weighted by atomic mass is 9.70. The number of nitrogens with two attached hydrogens (primary N) is 1. The summed E-state index contributed by atoms with van der Waals surface area (Å²) in [5.74, 6) is 0. The van der Waals surface area contributed by atoms with E-state index >= 15 is 0 Å². The van der Waals surface area contributed by atoms with Crippen molar-refractivity contribution < 1.29 is 0 Å². The molecular weight excluding hydrogens is 136 g/mol. The molecule has 11 heavy (non-hydrogen) atoms. The van der Waals surface area contributed by atoms with Gasteiger partial charge in [0.2, 0.25) is 0 Å². The smallest absolute Gasteiger partial charge is 0.00799 e. The Morgan fingerprint density at radius 3 is 2.00 bits per heavy atom. The van der Waals surface area contributed by atoms with Crippen LogP contribution in [0.3, 0.4) is 0 Å². The van der Waals surface area contributed by atoms with Gasteiger partial charge in [0, 0.05) is 25.0 Å². The van der Waals surface area contributed by atoms with Crippen LogP contribution in [-0.4, -0.2) is 19.6 Å². The Labute approximate surface area is 69.5 Å². The topological polar surface area (TPSA) is 38.0 Å². The molecule has 0 aromatic rings. The molecular formula is C9H20N2. The third kappa shape index (κ3) is 2.17. The molecule has 1 aliphatic heterocycles. The number of hydrogen-bond acceptors (Lipinski definition) is 2. The first-order valence-corrected chi connectivity index (χ1v) is 4.38. The van der Waals surface area contributed by atoms with Gasteiger partial charge in [-0.2, -0.15) is 0 Å². The van der Waals surface area contributed by atoms with E-state index in [-0.39, 0.29) is 0 Å². The maximum absolute atomic E-state index is 5.74. The second-order valence-corrected chi connectivity index (χ2v) is 5.05. The normalized spacial score (nSPS) is 22.9. The van der Waals surface area contributed by atoms with E-state index in [4.69, 9.17) is 5.73 Å². The zero-order chi connectivity index (χ0) is 8.54. The van der Waals surface area contributed by atoms with Gasteiger partial charge in [-0.3, -0.25) is 0 Å². The van der Waals surface area contributed by atoms with Gasteiger partial charge in [0.1, 0.15) is 0 Å². The number of hydrogen-bond donors (Lipinski definition) is 2. The molecule has 2 heteroatoms. The Hall–Kier alpha value is -0.0800. The maximum atomic E-state index is 5.74. The molecule has 3 N–H and O–H groups in total. The van der Waals surface area contributed by atoms with Gasteiger partial charge in [-0.05, 0) is 11.8 Å². The van der Waals surface area contributed by atoms with Crippen LogP contribution in [0.5, 0.6) is 0 Å². The monoisotopic (exact) mass is 156 g/mol. The van der Waals surface area contributed by atoms with Crippen LogP contribution in [0.1, 0.15) is 27.2 Å². The zero-order valence-corrected chi connectivity index (χ0v) is 7.91. The SMILES string of the molecule is CC(C)(C)CC1(CN)CNC1. The Balaban J connectivity index is 2.45. The van der Waals surface area contributed by atoms with E-state index in [0.29, 0.717) is 10.8 Å². The van der Waals surface area contributed by atoms with E-state index < -0.39 is 0 Å². The molecule has 0 bridgehead atoms. The van der Waals surface area contributed by atoms with Crippen molar-refractivity contribution in [1.29, 1.82) is 0 Å². The first-order chi connectivity index (χ1) is 4.97. The van der Waals surface area contributed by atoms with Gasteiger partial charge in [-0.25, -0.2) is 0 Å². The molecule has 1 heterocycles. The second kappa shape index (κ2) is 2.76. The minimum atomic E-state index is 0.415. The second-order valence-electron chi connectivity index (χ2n) is 5.05. The first-order valence-electron chi connectivity index (χ1n) is 4.38. The van der Waals surface area contributed by atoms with E-state index in [9.17, 15) is 0 Å². The van der Waals surface area contributed by atoms with Crippen LogP contribution in [0.2, 0.25) is 0 Å². The van der Waals surface area contributed by atoms with E-state index in [1.165, 1.54) is 6.42 Å². The molecule has 0 unspecified atom stereocenters. The zero-order valence-electron chi connectivity index (χ0n) is 7.91. The van der Waals surface area contributed by atoms with Gasteiger partial charge in [0.25, 0.3) is 0 Å². The summed E-state index contributed by atoms with van der Waals surface area (Å²) in [6, 6.07) is 0. The third-order valence-electron chi connectivity index (χ3n) is 2.34. The van der Waals surface area contributed by atoms with Crippen LogP contribution in [0.4, 0.5) is 0 Å². The molecule has 1 rings (SSSR count). The predicted molar refractivity (Wildman–Crippen MR) is 48.4 cm³/mol. The van der Waals surface area contributed by atoms with E-state index in [2.05, 4.69) is 26.1 Å². The van der Waals surface area contributed by atoms with E-state index in [1.807, 2.05) is 0 Å². The number of rotatable bonds is 2. The fraction of sp³-hybridized carbons (Fsp3) is 1.00. The van der Waals surface area contributed by atoms with Gasteiger partial charge in [0.15, 0.2) is 0 Å². The van der Waals surface area contributed by atoms with Crippen molar-refractivity contribution in [2.75, 3.05) is 19.6 Å². The van der Waals surface area contributed by atoms with Crippen LogP contribution in [0.25, 0.3) is 0 Å².